The van der Waals surface area contributed by atoms with Gasteiger partial charge in [0, 0.05) is 12.2 Å². The molecule has 0 saturated heterocycles. The van der Waals surface area contributed by atoms with Gasteiger partial charge in [-0.05, 0) is 44.7 Å². The maximum Gasteiger partial charge on any atom is 0.321 e. The summed E-state index contributed by atoms with van der Waals surface area (Å²) in [5, 5.41) is 0. The zero-order valence-corrected chi connectivity index (χ0v) is 13.2. The molecule has 0 bridgehead atoms. The van der Waals surface area contributed by atoms with Crippen molar-refractivity contribution in [3.05, 3.63) is 0 Å². The van der Waals surface area contributed by atoms with Gasteiger partial charge in [-0.15, -0.1) is 0 Å². The van der Waals surface area contributed by atoms with Crippen molar-refractivity contribution in [2.24, 2.45) is 5.73 Å². The Morgan fingerprint density at radius 1 is 0.882 bits per heavy atom. The van der Waals surface area contributed by atoms with Crippen LogP contribution < -0.4 is 5.73 Å². The lowest BCUT2D eigenvalue weighted by Gasteiger charge is -2.26. The van der Waals surface area contributed by atoms with Gasteiger partial charge >= 0.3 is 9.28 Å². The predicted molar refractivity (Wildman–Crippen MR) is 76.5 cm³/mol. The molecule has 0 heterocycles. The minimum atomic E-state index is -1.52. The third-order valence-corrected chi connectivity index (χ3v) is 5.41. The molecule has 4 heteroatoms. The molecule has 0 atom stereocenters. The summed E-state index contributed by atoms with van der Waals surface area (Å²) in [6.45, 7) is 9.46. The second-order valence-corrected chi connectivity index (χ2v) is 6.49. The van der Waals surface area contributed by atoms with Crippen molar-refractivity contribution >= 4 is 9.28 Å². The highest BCUT2D eigenvalue weighted by Crippen LogP contribution is 2.14. The lowest BCUT2D eigenvalue weighted by atomic mass is 10.2. The monoisotopic (exact) mass is 261 g/mol. The molecule has 104 valence electrons. The average Bonchev–Trinajstić information content (AvgIpc) is 2.38. The Kier molecular flexibility index (Phi) is 11.3. The van der Waals surface area contributed by atoms with Crippen LogP contribution >= 0.6 is 0 Å². The largest absolute Gasteiger partial charge is 0.393 e. The van der Waals surface area contributed by atoms with E-state index in [1.54, 1.807) is 0 Å². The van der Waals surface area contributed by atoms with E-state index >= 15 is 0 Å². The first-order chi connectivity index (χ1) is 8.21. The van der Waals surface area contributed by atoms with E-state index in [0.29, 0.717) is 12.2 Å². The molecular weight excluding hydrogens is 230 g/mol. The smallest absolute Gasteiger partial charge is 0.321 e. The van der Waals surface area contributed by atoms with Gasteiger partial charge in [0.25, 0.3) is 0 Å². The molecule has 0 aliphatic carbocycles. The highest BCUT2D eigenvalue weighted by atomic mass is 28.3. The normalized spacial score (nSPS) is 12.0. The molecule has 0 rings (SSSR count). The maximum absolute atomic E-state index is 6.15. The quantitative estimate of drug-likeness (QED) is 0.582. The first-order valence-corrected chi connectivity index (χ1v) is 8.98. The van der Waals surface area contributed by atoms with E-state index in [9.17, 15) is 0 Å². The highest BCUT2D eigenvalue weighted by molar-refractivity contribution is 6.44. The molecule has 3 nitrogen and oxygen atoms in total. The fourth-order valence-electron chi connectivity index (χ4n) is 1.84. The minimum absolute atomic E-state index is 0.374. The average molecular weight is 261 g/mol. The van der Waals surface area contributed by atoms with Crippen LogP contribution in [0.1, 0.15) is 59.8 Å². The van der Waals surface area contributed by atoms with Crippen LogP contribution in [0.4, 0.5) is 0 Å². The van der Waals surface area contributed by atoms with E-state index in [1.807, 2.05) is 0 Å². The summed E-state index contributed by atoms with van der Waals surface area (Å²) in [6.07, 6.45) is 6.09. The molecule has 0 aromatic carbocycles. The lowest BCUT2D eigenvalue weighted by Crippen LogP contribution is -2.33. The molecule has 0 aliphatic heterocycles. The Morgan fingerprint density at radius 2 is 1.29 bits per heavy atom. The van der Waals surface area contributed by atoms with Crippen molar-refractivity contribution in [3.8, 4) is 0 Å². The summed E-state index contributed by atoms with van der Waals surface area (Å²) in [6, 6.07) is 1.05. The van der Waals surface area contributed by atoms with Crippen LogP contribution in [-0.2, 0) is 8.85 Å². The second kappa shape index (κ2) is 11.2. The van der Waals surface area contributed by atoms with Crippen LogP contribution in [0.3, 0.4) is 0 Å². The van der Waals surface area contributed by atoms with Crippen LogP contribution in [0, 0.1) is 0 Å². The standard InChI is InChI=1S/C13H31NO2Si/c1-5-12(6-2)15-17(11-9-10-14)16-13(7-3)8-4/h12-13,17H,5-11,14H2,1-4H3. The van der Waals surface area contributed by atoms with Gasteiger partial charge < -0.3 is 14.6 Å². The van der Waals surface area contributed by atoms with Crippen molar-refractivity contribution in [2.45, 2.75) is 78.1 Å². The molecule has 0 aromatic heterocycles. The van der Waals surface area contributed by atoms with Crippen molar-refractivity contribution < 1.29 is 8.85 Å². The molecule has 17 heavy (non-hydrogen) atoms. The molecule has 0 amide bonds. The van der Waals surface area contributed by atoms with Gasteiger partial charge in [0.05, 0.1) is 0 Å². The van der Waals surface area contributed by atoms with E-state index in [-0.39, 0.29) is 0 Å². The van der Waals surface area contributed by atoms with E-state index < -0.39 is 9.28 Å². The Balaban J connectivity index is 4.19. The van der Waals surface area contributed by atoms with E-state index in [0.717, 1.165) is 44.7 Å². The topological polar surface area (TPSA) is 44.5 Å². The van der Waals surface area contributed by atoms with Gasteiger partial charge in [-0.3, -0.25) is 0 Å². The summed E-state index contributed by atoms with van der Waals surface area (Å²) in [5.74, 6) is 0. The predicted octanol–water partition coefficient (Wildman–Crippen LogP) is 2.97. The van der Waals surface area contributed by atoms with Crippen molar-refractivity contribution in [3.63, 3.8) is 0 Å². The first-order valence-electron chi connectivity index (χ1n) is 7.22. The van der Waals surface area contributed by atoms with Gasteiger partial charge in [-0.1, -0.05) is 27.7 Å². The third-order valence-electron chi connectivity index (χ3n) is 3.15. The summed E-state index contributed by atoms with van der Waals surface area (Å²) >= 11 is 0. The fraction of sp³-hybridized carbons (Fsp3) is 1.00. The van der Waals surface area contributed by atoms with Crippen molar-refractivity contribution in [2.75, 3.05) is 6.54 Å². The fourth-order valence-corrected chi connectivity index (χ4v) is 4.38. The van der Waals surface area contributed by atoms with Crippen LogP contribution in [-0.4, -0.2) is 28.0 Å². The lowest BCUT2D eigenvalue weighted by molar-refractivity contribution is 0.0910. The number of rotatable bonds is 11. The van der Waals surface area contributed by atoms with Crippen LogP contribution in [0.2, 0.25) is 6.04 Å². The van der Waals surface area contributed by atoms with Gasteiger partial charge in [0.15, 0.2) is 0 Å². The highest BCUT2D eigenvalue weighted by Gasteiger charge is 2.20. The van der Waals surface area contributed by atoms with Crippen LogP contribution in [0.15, 0.2) is 0 Å². The number of hydrogen-bond acceptors (Lipinski definition) is 3. The van der Waals surface area contributed by atoms with E-state index in [1.165, 1.54) is 0 Å². The molecule has 0 radical (unpaired) electrons. The molecule has 0 fully saturated rings. The molecule has 0 saturated carbocycles. The minimum Gasteiger partial charge on any atom is -0.393 e. The van der Waals surface area contributed by atoms with Gasteiger partial charge in [0.1, 0.15) is 0 Å². The van der Waals surface area contributed by atoms with Crippen LogP contribution in [0.25, 0.3) is 0 Å². The molecule has 2 N–H and O–H groups in total. The summed E-state index contributed by atoms with van der Waals surface area (Å²) in [4.78, 5) is 0. The molecule has 0 aromatic rings. The Bertz CT molecular complexity index is 147. The zero-order chi connectivity index (χ0) is 13.1. The molecule has 0 aliphatic rings. The van der Waals surface area contributed by atoms with Gasteiger partial charge in [-0.25, -0.2) is 0 Å². The third kappa shape index (κ3) is 7.92. The number of hydrogen-bond donors (Lipinski definition) is 1. The van der Waals surface area contributed by atoms with Crippen LogP contribution in [0.5, 0.6) is 0 Å². The molecule has 0 spiro atoms. The van der Waals surface area contributed by atoms with Gasteiger partial charge in [-0.2, -0.15) is 0 Å². The molecule has 0 unspecified atom stereocenters. The Morgan fingerprint density at radius 3 is 1.59 bits per heavy atom. The zero-order valence-electron chi connectivity index (χ0n) is 12.1. The second-order valence-electron chi connectivity index (χ2n) is 4.51. The maximum atomic E-state index is 6.15. The number of nitrogens with two attached hydrogens (primary N) is 1. The Hall–Kier alpha value is 0.0969. The summed E-state index contributed by atoms with van der Waals surface area (Å²) in [7, 11) is -1.52. The van der Waals surface area contributed by atoms with Gasteiger partial charge in [0.2, 0.25) is 0 Å². The summed E-state index contributed by atoms with van der Waals surface area (Å²) in [5.41, 5.74) is 5.58. The summed E-state index contributed by atoms with van der Waals surface area (Å²) < 4.78 is 12.3. The Labute approximate surface area is 109 Å². The molecular formula is C13H31NO2Si. The first kappa shape index (κ1) is 17.1. The van der Waals surface area contributed by atoms with Crippen molar-refractivity contribution in [1.29, 1.82) is 0 Å². The van der Waals surface area contributed by atoms with Crippen molar-refractivity contribution in [1.82, 2.24) is 0 Å². The SMILES string of the molecule is CCC(CC)O[SiH](CCCN)OC(CC)CC. The van der Waals surface area contributed by atoms with E-state index in [2.05, 4.69) is 27.7 Å². The van der Waals surface area contributed by atoms with E-state index in [4.69, 9.17) is 14.6 Å².